The first-order valence-electron chi connectivity index (χ1n) is 7.52. The fourth-order valence-electron chi connectivity index (χ4n) is 2.87. The normalized spacial score (nSPS) is 15.3. The van der Waals surface area contributed by atoms with Gasteiger partial charge in [0.05, 0.1) is 0 Å². The topological polar surface area (TPSA) is 26.3 Å². The second kappa shape index (κ2) is 5.64. The fourth-order valence-corrected chi connectivity index (χ4v) is 4.73. The molecule has 1 aliphatic rings. The van der Waals surface area contributed by atoms with Crippen LogP contribution in [0.5, 0.6) is 5.75 Å². The SMILES string of the molecule is Cc1ccccc1C(=O)P1Oc2ccccc2-c2ccccc21. The highest BCUT2D eigenvalue weighted by molar-refractivity contribution is 7.78. The molecule has 0 radical (unpaired) electrons. The van der Waals surface area contributed by atoms with Crippen molar-refractivity contribution in [3.8, 4) is 16.9 Å². The second-order valence-electron chi connectivity index (χ2n) is 5.52. The van der Waals surface area contributed by atoms with E-state index in [1.807, 2.05) is 73.7 Å². The Morgan fingerprint density at radius 2 is 1.48 bits per heavy atom. The molecule has 0 amide bonds. The molecule has 0 saturated carbocycles. The lowest BCUT2D eigenvalue weighted by molar-refractivity contribution is 0.107. The standard InChI is InChI=1S/C20H15O2P/c1-14-8-2-3-9-15(14)20(21)23-19-13-7-5-11-17(19)16-10-4-6-12-18(16)22-23/h2-13H,1H3. The van der Waals surface area contributed by atoms with Crippen LogP contribution in [0.3, 0.4) is 0 Å². The van der Waals surface area contributed by atoms with Crippen molar-refractivity contribution in [3.63, 3.8) is 0 Å². The van der Waals surface area contributed by atoms with Crippen molar-refractivity contribution in [3.05, 3.63) is 83.9 Å². The first-order valence-corrected chi connectivity index (χ1v) is 8.78. The summed E-state index contributed by atoms with van der Waals surface area (Å²) in [5, 5.41) is 0.995. The van der Waals surface area contributed by atoms with Gasteiger partial charge in [0, 0.05) is 16.4 Å². The van der Waals surface area contributed by atoms with Gasteiger partial charge in [-0.25, -0.2) is 0 Å². The minimum absolute atomic E-state index is 0.0695. The lowest BCUT2D eigenvalue weighted by Crippen LogP contribution is -2.19. The van der Waals surface area contributed by atoms with E-state index >= 15 is 0 Å². The Bertz CT molecular complexity index is 901. The molecule has 1 atom stereocenters. The number of fused-ring (bicyclic) bond motifs is 3. The van der Waals surface area contributed by atoms with E-state index in [0.29, 0.717) is 0 Å². The Morgan fingerprint density at radius 3 is 2.30 bits per heavy atom. The molecule has 1 heterocycles. The van der Waals surface area contributed by atoms with Crippen LogP contribution in [-0.2, 0) is 0 Å². The van der Waals surface area contributed by atoms with Gasteiger partial charge in [-0.05, 0) is 24.1 Å². The molecule has 1 unspecified atom stereocenters. The molecule has 3 aromatic carbocycles. The number of hydrogen-bond acceptors (Lipinski definition) is 2. The average Bonchev–Trinajstić information content (AvgIpc) is 2.61. The molecular formula is C20H15O2P. The first kappa shape index (κ1) is 14.2. The monoisotopic (exact) mass is 318 g/mol. The molecule has 0 saturated heterocycles. The first-order chi connectivity index (χ1) is 11.3. The van der Waals surface area contributed by atoms with Gasteiger partial charge in [-0.15, -0.1) is 0 Å². The molecule has 0 fully saturated rings. The summed E-state index contributed by atoms with van der Waals surface area (Å²) >= 11 is 0. The van der Waals surface area contributed by atoms with Crippen LogP contribution in [-0.4, -0.2) is 5.52 Å². The second-order valence-corrected chi connectivity index (χ2v) is 7.18. The number of rotatable bonds is 2. The summed E-state index contributed by atoms with van der Waals surface area (Å²) in [5.41, 5.74) is 3.95. The third-order valence-corrected chi connectivity index (χ3v) is 5.87. The molecular weight excluding hydrogens is 303 g/mol. The molecule has 1 aliphatic heterocycles. The minimum Gasteiger partial charge on any atom is -0.460 e. The van der Waals surface area contributed by atoms with Gasteiger partial charge < -0.3 is 4.52 Å². The lowest BCUT2D eigenvalue weighted by atomic mass is 10.0. The average molecular weight is 318 g/mol. The lowest BCUT2D eigenvalue weighted by Gasteiger charge is -2.27. The molecule has 0 aromatic heterocycles. The van der Waals surface area contributed by atoms with Crippen LogP contribution >= 0.6 is 8.15 Å². The van der Waals surface area contributed by atoms with E-state index in [1.54, 1.807) is 0 Å². The summed E-state index contributed by atoms with van der Waals surface area (Å²) in [5.74, 6) is 0.791. The van der Waals surface area contributed by atoms with Crippen molar-refractivity contribution < 1.29 is 9.32 Å². The van der Waals surface area contributed by atoms with Crippen LogP contribution in [0.4, 0.5) is 0 Å². The van der Waals surface area contributed by atoms with Gasteiger partial charge in [0.25, 0.3) is 0 Å². The van der Waals surface area contributed by atoms with Crippen molar-refractivity contribution in [2.45, 2.75) is 6.92 Å². The van der Waals surface area contributed by atoms with Gasteiger partial charge >= 0.3 is 0 Å². The van der Waals surface area contributed by atoms with E-state index in [4.69, 9.17) is 4.52 Å². The van der Waals surface area contributed by atoms with Gasteiger partial charge in [0.15, 0.2) is 8.15 Å². The Kier molecular flexibility index (Phi) is 3.48. The maximum atomic E-state index is 13.1. The van der Waals surface area contributed by atoms with Crippen molar-refractivity contribution in [1.29, 1.82) is 0 Å². The van der Waals surface area contributed by atoms with E-state index in [0.717, 1.165) is 33.3 Å². The zero-order valence-corrected chi connectivity index (χ0v) is 13.6. The van der Waals surface area contributed by atoms with Gasteiger partial charge in [0.2, 0.25) is 5.52 Å². The van der Waals surface area contributed by atoms with Crippen LogP contribution in [0.15, 0.2) is 72.8 Å². The number of benzene rings is 3. The highest BCUT2D eigenvalue weighted by Gasteiger charge is 2.33. The Labute approximate surface area is 136 Å². The molecule has 0 bridgehead atoms. The number of carbonyl (C=O) groups is 1. The van der Waals surface area contributed by atoms with Crippen LogP contribution in [0.2, 0.25) is 0 Å². The summed E-state index contributed by atoms with van der Waals surface area (Å²) in [6.45, 7) is 1.96. The summed E-state index contributed by atoms with van der Waals surface area (Å²) in [6.07, 6.45) is 0. The van der Waals surface area contributed by atoms with Crippen molar-refractivity contribution >= 4 is 19.0 Å². The summed E-state index contributed by atoms with van der Waals surface area (Å²) in [4.78, 5) is 13.1. The largest absolute Gasteiger partial charge is 0.460 e. The predicted octanol–water partition coefficient (Wildman–Crippen LogP) is 4.92. The van der Waals surface area contributed by atoms with Gasteiger partial charge in [-0.3, -0.25) is 4.79 Å². The van der Waals surface area contributed by atoms with Crippen LogP contribution < -0.4 is 9.83 Å². The van der Waals surface area contributed by atoms with Crippen LogP contribution in [0.25, 0.3) is 11.1 Å². The predicted molar refractivity (Wildman–Crippen MR) is 94.6 cm³/mol. The third kappa shape index (κ3) is 2.36. The maximum Gasteiger partial charge on any atom is 0.229 e. The Morgan fingerprint density at radius 1 is 0.826 bits per heavy atom. The van der Waals surface area contributed by atoms with E-state index in [2.05, 4.69) is 6.07 Å². The molecule has 4 rings (SSSR count). The molecule has 3 aromatic rings. The molecule has 3 heteroatoms. The Balaban J connectivity index is 1.86. The summed E-state index contributed by atoms with van der Waals surface area (Å²) in [6, 6.07) is 23.7. The number of para-hydroxylation sites is 1. The number of aryl methyl sites for hydroxylation is 1. The minimum atomic E-state index is -1.37. The molecule has 112 valence electrons. The van der Waals surface area contributed by atoms with Gasteiger partial charge in [-0.2, -0.15) is 0 Å². The highest BCUT2D eigenvalue weighted by atomic mass is 31.1. The van der Waals surface area contributed by atoms with Gasteiger partial charge in [-0.1, -0.05) is 66.7 Å². The molecule has 23 heavy (non-hydrogen) atoms. The van der Waals surface area contributed by atoms with Crippen LogP contribution in [0, 0.1) is 6.92 Å². The van der Waals surface area contributed by atoms with E-state index in [1.165, 1.54) is 0 Å². The van der Waals surface area contributed by atoms with E-state index in [9.17, 15) is 4.79 Å². The smallest absolute Gasteiger partial charge is 0.229 e. The number of hydrogen-bond donors (Lipinski definition) is 0. The molecule has 0 spiro atoms. The van der Waals surface area contributed by atoms with Crippen LogP contribution in [0.1, 0.15) is 15.9 Å². The van der Waals surface area contributed by atoms with Gasteiger partial charge in [0.1, 0.15) is 5.75 Å². The zero-order valence-electron chi connectivity index (χ0n) is 12.7. The van der Waals surface area contributed by atoms with E-state index in [-0.39, 0.29) is 5.52 Å². The van der Waals surface area contributed by atoms with E-state index < -0.39 is 8.15 Å². The maximum absolute atomic E-state index is 13.1. The van der Waals surface area contributed by atoms with Crippen molar-refractivity contribution in [2.75, 3.05) is 0 Å². The number of carbonyl (C=O) groups excluding carboxylic acids is 1. The highest BCUT2D eigenvalue weighted by Crippen LogP contribution is 2.50. The van der Waals surface area contributed by atoms with Crippen molar-refractivity contribution in [2.24, 2.45) is 0 Å². The quantitative estimate of drug-likeness (QED) is 0.627. The fraction of sp³-hybridized carbons (Fsp3) is 0.0500. The third-order valence-electron chi connectivity index (χ3n) is 4.05. The zero-order chi connectivity index (χ0) is 15.8. The molecule has 0 N–H and O–H groups in total. The molecule has 2 nitrogen and oxygen atoms in total. The molecule has 0 aliphatic carbocycles. The van der Waals surface area contributed by atoms with Crippen molar-refractivity contribution in [1.82, 2.24) is 0 Å². The Hall–Kier alpha value is -2.44. The summed E-state index contributed by atoms with van der Waals surface area (Å²) in [7, 11) is -1.37. The summed E-state index contributed by atoms with van der Waals surface area (Å²) < 4.78 is 6.14.